The summed E-state index contributed by atoms with van der Waals surface area (Å²) in [4.78, 5) is 5.78. The van der Waals surface area contributed by atoms with E-state index in [0.29, 0.717) is 0 Å². The molecule has 5 heteroatoms. The van der Waals surface area contributed by atoms with Crippen molar-refractivity contribution in [1.82, 2.24) is 20.1 Å². The molecule has 0 aliphatic heterocycles. The van der Waals surface area contributed by atoms with Gasteiger partial charge in [-0.15, -0.1) is 11.3 Å². The van der Waals surface area contributed by atoms with Gasteiger partial charge in [-0.05, 0) is 6.92 Å². The van der Waals surface area contributed by atoms with Crippen LogP contribution in [0.25, 0.3) is 0 Å². The summed E-state index contributed by atoms with van der Waals surface area (Å²) < 4.78 is 1.90. The third-order valence-corrected chi connectivity index (χ3v) is 4.57. The zero-order valence-corrected chi connectivity index (χ0v) is 13.1. The van der Waals surface area contributed by atoms with E-state index in [0.717, 1.165) is 13.1 Å². The second kappa shape index (κ2) is 5.43. The van der Waals surface area contributed by atoms with Gasteiger partial charge in [0, 0.05) is 47.9 Å². The molecule has 1 N–H and O–H groups in total. The predicted octanol–water partition coefficient (Wildman–Crippen LogP) is 2.77. The van der Waals surface area contributed by atoms with Crippen molar-refractivity contribution in [2.45, 2.75) is 46.2 Å². The Labute approximate surface area is 118 Å². The van der Waals surface area contributed by atoms with Crippen molar-refractivity contribution in [3.05, 3.63) is 33.5 Å². The van der Waals surface area contributed by atoms with Gasteiger partial charge >= 0.3 is 0 Å². The smallest absolute Gasteiger partial charge is 0.0981 e. The molecule has 0 amide bonds. The Morgan fingerprint density at radius 2 is 2.00 bits per heavy atom. The maximum absolute atomic E-state index is 4.50. The van der Waals surface area contributed by atoms with E-state index in [1.165, 1.54) is 21.1 Å². The molecule has 0 aliphatic carbocycles. The van der Waals surface area contributed by atoms with E-state index in [2.05, 4.69) is 43.1 Å². The molecule has 0 atom stereocenters. The first-order valence-corrected chi connectivity index (χ1v) is 7.33. The largest absolute Gasteiger partial charge is 0.308 e. The number of aromatic nitrogens is 3. The molecule has 0 aliphatic rings. The van der Waals surface area contributed by atoms with Crippen molar-refractivity contribution in [3.63, 3.8) is 0 Å². The van der Waals surface area contributed by atoms with E-state index in [9.17, 15) is 0 Å². The van der Waals surface area contributed by atoms with Gasteiger partial charge in [0.2, 0.25) is 0 Å². The molecule has 104 valence electrons. The Balaban J connectivity index is 1.89. The van der Waals surface area contributed by atoms with Crippen LogP contribution >= 0.6 is 11.3 Å². The molecular weight excluding hydrogens is 256 g/mol. The van der Waals surface area contributed by atoms with Gasteiger partial charge in [0.05, 0.1) is 11.2 Å². The van der Waals surface area contributed by atoms with Gasteiger partial charge in [-0.25, -0.2) is 4.98 Å². The van der Waals surface area contributed by atoms with E-state index in [1.54, 1.807) is 11.3 Å². The molecular formula is C14H22N4S. The molecule has 0 radical (unpaired) electrons. The molecule has 2 rings (SSSR count). The summed E-state index contributed by atoms with van der Waals surface area (Å²) in [6.07, 6.45) is 3.91. The molecule has 2 heterocycles. The molecule has 0 spiro atoms. The highest BCUT2D eigenvalue weighted by atomic mass is 32.1. The summed E-state index contributed by atoms with van der Waals surface area (Å²) >= 11 is 1.79. The summed E-state index contributed by atoms with van der Waals surface area (Å²) in [6.45, 7) is 10.4. The van der Waals surface area contributed by atoms with Gasteiger partial charge in [0.15, 0.2) is 0 Å². The van der Waals surface area contributed by atoms with E-state index < -0.39 is 0 Å². The molecule has 0 fully saturated rings. The SMILES string of the molecule is Cc1c(CNCc2cnc(C(C)(C)C)s2)cnn1C. The van der Waals surface area contributed by atoms with Gasteiger partial charge in [0.1, 0.15) is 0 Å². The van der Waals surface area contributed by atoms with Crippen LogP contribution in [-0.2, 0) is 25.6 Å². The Morgan fingerprint density at radius 1 is 1.26 bits per heavy atom. The monoisotopic (exact) mass is 278 g/mol. The van der Waals surface area contributed by atoms with Crippen molar-refractivity contribution >= 4 is 11.3 Å². The molecule has 4 nitrogen and oxygen atoms in total. The fourth-order valence-corrected chi connectivity index (χ4v) is 2.71. The van der Waals surface area contributed by atoms with E-state index in [-0.39, 0.29) is 5.41 Å². The zero-order valence-electron chi connectivity index (χ0n) is 12.3. The maximum Gasteiger partial charge on any atom is 0.0981 e. The third kappa shape index (κ3) is 3.42. The van der Waals surface area contributed by atoms with E-state index in [4.69, 9.17) is 0 Å². The van der Waals surface area contributed by atoms with E-state index >= 15 is 0 Å². The average molecular weight is 278 g/mol. The lowest BCUT2D eigenvalue weighted by atomic mass is 9.98. The van der Waals surface area contributed by atoms with Gasteiger partial charge in [-0.1, -0.05) is 20.8 Å². The number of hydrogen-bond donors (Lipinski definition) is 1. The van der Waals surface area contributed by atoms with E-state index in [1.807, 2.05) is 24.1 Å². The Kier molecular flexibility index (Phi) is 4.06. The van der Waals surface area contributed by atoms with Crippen LogP contribution in [0.1, 0.15) is 41.9 Å². The highest BCUT2D eigenvalue weighted by molar-refractivity contribution is 7.11. The summed E-state index contributed by atoms with van der Waals surface area (Å²) in [6, 6.07) is 0. The number of nitrogens with one attached hydrogen (secondary N) is 1. The fourth-order valence-electron chi connectivity index (χ4n) is 1.77. The minimum Gasteiger partial charge on any atom is -0.308 e. The van der Waals surface area contributed by atoms with Gasteiger partial charge < -0.3 is 5.32 Å². The Hall–Kier alpha value is -1.20. The number of rotatable bonds is 4. The number of nitrogens with zero attached hydrogens (tertiary/aromatic N) is 3. The molecule has 2 aromatic heterocycles. The van der Waals surface area contributed by atoms with Crippen LogP contribution in [0, 0.1) is 6.92 Å². The van der Waals surface area contributed by atoms with Crippen LogP contribution in [0.3, 0.4) is 0 Å². The standard InChI is InChI=1S/C14H22N4S/c1-10-11(7-17-18(10)5)6-15-8-12-9-16-13(19-12)14(2,3)4/h7,9,15H,6,8H2,1-5H3. The Morgan fingerprint density at radius 3 is 2.53 bits per heavy atom. The topological polar surface area (TPSA) is 42.7 Å². The quantitative estimate of drug-likeness (QED) is 0.935. The average Bonchev–Trinajstić information content (AvgIpc) is 2.90. The van der Waals surface area contributed by atoms with Crippen LogP contribution in [-0.4, -0.2) is 14.8 Å². The van der Waals surface area contributed by atoms with Crippen molar-refractivity contribution in [2.75, 3.05) is 0 Å². The number of thiazole rings is 1. The normalized spacial score (nSPS) is 12.1. The summed E-state index contributed by atoms with van der Waals surface area (Å²) in [5.41, 5.74) is 2.61. The lowest BCUT2D eigenvalue weighted by molar-refractivity contribution is 0.585. The minimum absolute atomic E-state index is 0.142. The lowest BCUT2D eigenvalue weighted by Crippen LogP contribution is -2.12. The molecule has 0 saturated heterocycles. The first kappa shape index (κ1) is 14.2. The summed E-state index contributed by atoms with van der Waals surface area (Å²) in [5, 5.41) is 8.90. The third-order valence-electron chi connectivity index (χ3n) is 3.15. The highest BCUT2D eigenvalue weighted by Crippen LogP contribution is 2.26. The molecule has 0 unspecified atom stereocenters. The molecule has 0 aromatic carbocycles. The first-order valence-electron chi connectivity index (χ1n) is 6.51. The van der Waals surface area contributed by atoms with Gasteiger partial charge in [-0.2, -0.15) is 5.10 Å². The summed E-state index contributed by atoms with van der Waals surface area (Å²) in [5.74, 6) is 0. The van der Waals surface area contributed by atoms with Crippen LogP contribution in [0.4, 0.5) is 0 Å². The number of hydrogen-bond acceptors (Lipinski definition) is 4. The zero-order chi connectivity index (χ0) is 14.0. The molecule has 0 saturated carbocycles. The van der Waals surface area contributed by atoms with Gasteiger partial charge in [-0.3, -0.25) is 4.68 Å². The fraction of sp³-hybridized carbons (Fsp3) is 0.571. The van der Waals surface area contributed by atoms with Crippen molar-refractivity contribution in [3.8, 4) is 0 Å². The van der Waals surface area contributed by atoms with Crippen LogP contribution < -0.4 is 5.32 Å². The predicted molar refractivity (Wildman–Crippen MR) is 79.3 cm³/mol. The Bertz CT molecular complexity index is 548. The van der Waals surface area contributed by atoms with Crippen molar-refractivity contribution < 1.29 is 0 Å². The van der Waals surface area contributed by atoms with Crippen molar-refractivity contribution in [2.24, 2.45) is 7.05 Å². The van der Waals surface area contributed by atoms with Crippen LogP contribution in [0.2, 0.25) is 0 Å². The minimum atomic E-state index is 0.142. The van der Waals surface area contributed by atoms with Crippen molar-refractivity contribution in [1.29, 1.82) is 0 Å². The second-order valence-corrected chi connectivity index (χ2v) is 6.98. The second-order valence-electron chi connectivity index (χ2n) is 5.86. The number of aryl methyl sites for hydroxylation is 1. The summed E-state index contributed by atoms with van der Waals surface area (Å²) in [7, 11) is 1.97. The molecule has 2 aromatic rings. The van der Waals surface area contributed by atoms with Crippen LogP contribution in [0.5, 0.6) is 0 Å². The molecule has 19 heavy (non-hydrogen) atoms. The lowest BCUT2D eigenvalue weighted by Gasteiger charge is -2.13. The molecule has 0 bridgehead atoms. The first-order chi connectivity index (χ1) is 8.88. The highest BCUT2D eigenvalue weighted by Gasteiger charge is 2.17. The maximum atomic E-state index is 4.50. The van der Waals surface area contributed by atoms with Crippen LogP contribution in [0.15, 0.2) is 12.4 Å². The van der Waals surface area contributed by atoms with Gasteiger partial charge in [0.25, 0.3) is 0 Å².